The van der Waals surface area contributed by atoms with E-state index < -0.39 is 0 Å². The minimum atomic E-state index is -0.0431. The van der Waals surface area contributed by atoms with Gasteiger partial charge in [0.05, 0.1) is 17.1 Å². The predicted molar refractivity (Wildman–Crippen MR) is 111 cm³/mol. The summed E-state index contributed by atoms with van der Waals surface area (Å²) in [5.74, 6) is 1.13. The van der Waals surface area contributed by atoms with Crippen molar-refractivity contribution in [3.05, 3.63) is 30.1 Å². The summed E-state index contributed by atoms with van der Waals surface area (Å²) in [6.07, 6.45) is 4.27. The van der Waals surface area contributed by atoms with Crippen molar-refractivity contribution < 1.29 is 9.59 Å². The van der Waals surface area contributed by atoms with E-state index in [9.17, 15) is 9.59 Å². The van der Waals surface area contributed by atoms with Gasteiger partial charge < -0.3 is 14.4 Å². The van der Waals surface area contributed by atoms with Crippen LogP contribution in [0.5, 0.6) is 0 Å². The second-order valence-electron chi connectivity index (χ2n) is 7.52. The van der Waals surface area contributed by atoms with Crippen molar-refractivity contribution in [3.63, 3.8) is 0 Å². The molecular weight excluding hydrogens is 352 g/mol. The van der Waals surface area contributed by atoms with E-state index in [1.807, 2.05) is 45.6 Å². The first-order valence-electron chi connectivity index (χ1n) is 10.6. The van der Waals surface area contributed by atoms with Crippen molar-refractivity contribution in [1.29, 1.82) is 0 Å². The molecule has 6 heteroatoms. The number of carbonyl (C=O) groups excluding carboxylic acids is 2. The number of hydrogen-bond acceptors (Lipinski definition) is 3. The zero-order valence-corrected chi connectivity index (χ0v) is 17.4. The molecule has 2 aromatic rings. The Labute approximate surface area is 167 Å². The standard InChI is InChI=1S/C22H32N4O2/c1-4-13-24(14-5-2)21(28)16-26-18-11-8-7-10-17(18)23-22(26)19-12-9-15-25(19)20(27)6-3/h7-8,10-11,19H,4-6,9,12-16H2,1-3H3/t19-/m0/s1. The average Bonchev–Trinajstić information content (AvgIpc) is 3.32. The van der Waals surface area contributed by atoms with E-state index >= 15 is 0 Å². The number of para-hydroxylation sites is 2. The number of nitrogens with zero attached hydrogens (tertiary/aromatic N) is 4. The van der Waals surface area contributed by atoms with Gasteiger partial charge in [-0.15, -0.1) is 0 Å². The maximum Gasteiger partial charge on any atom is 0.242 e. The minimum Gasteiger partial charge on any atom is -0.341 e. The van der Waals surface area contributed by atoms with Crippen LogP contribution in [0.2, 0.25) is 0 Å². The lowest BCUT2D eigenvalue weighted by molar-refractivity contribution is -0.131. The lowest BCUT2D eigenvalue weighted by atomic mass is 10.2. The molecule has 1 aliphatic rings. The minimum absolute atomic E-state index is 0.0431. The highest BCUT2D eigenvalue weighted by atomic mass is 16.2. The number of amides is 2. The number of fused-ring (bicyclic) bond motifs is 1. The molecule has 6 nitrogen and oxygen atoms in total. The number of likely N-dealkylation sites (tertiary alicyclic amines) is 1. The van der Waals surface area contributed by atoms with Crippen LogP contribution in [0, 0.1) is 0 Å². The molecule has 0 radical (unpaired) electrons. The molecule has 2 amide bonds. The third-order valence-corrected chi connectivity index (χ3v) is 5.49. The van der Waals surface area contributed by atoms with Gasteiger partial charge in [0.15, 0.2) is 0 Å². The second kappa shape index (κ2) is 9.22. The molecule has 0 saturated carbocycles. The Balaban J connectivity index is 1.97. The fraction of sp³-hybridized carbons (Fsp3) is 0.591. The molecule has 0 spiro atoms. The molecule has 152 valence electrons. The zero-order chi connectivity index (χ0) is 20.1. The van der Waals surface area contributed by atoms with Crippen LogP contribution in [0.25, 0.3) is 11.0 Å². The summed E-state index contributed by atoms with van der Waals surface area (Å²) in [7, 11) is 0. The Morgan fingerprint density at radius 2 is 1.86 bits per heavy atom. The first kappa shape index (κ1) is 20.4. The van der Waals surface area contributed by atoms with Crippen LogP contribution in [0.3, 0.4) is 0 Å². The zero-order valence-electron chi connectivity index (χ0n) is 17.4. The molecule has 28 heavy (non-hydrogen) atoms. The molecule has 1 aliphatic heterocycles. The summed E-state index contributed by atoms with van der Waals surface area (Å²) in [6.45, 7) is 8.70. The van der Waals surface area contributed by atoms with Gasteiger partial charge in [-0.05, 0) is 37.8 Å². The number of rotatable bonds is 8. The van der Waals surface area contributed by atoms with E-state index in [0.717, 1.165) is 62.2 Å². The van der Waals surface area contributed by atoms with E-state index in [2.05, 4.69) is 13.8 Å². The van der Waals surface area contributed by atoms with Crippen molar-refractivity contribution >= 4 is 22.8 Å². The van der Waals surface area contributed by atoms with E-state index in [0.29, 0.717) is 6.42 Å². The monoisotopic (exact) mass is 384 g/mol. The maximum absolute atomic E-state index is 13.1. The van der Waals surface area contributed by atoms with Gasteiger partial charge >= 0.3 is 0 Å². The third-order valence-electron chi connectivity index (χ3n) is 5.49. The highest BCUT2D eigenvalue weighted by molar-refractivity contribution is 5.82. The summed E-state index contributed by atoms with van der Waals surface area (Å²) >= 11 is 0. The Morgan fingerprint density at radius 3 is 2.54 bits per heavy atom. The summed E-state index contributed by atoms with van der Waals surface area (Å²) in [5.41, 5.74) is 1.85. The number of carbonyl (C=O) groups is 2. The Kier molecular flexibility index (Phi) is 6.70. The first-order chi connectivity index (χ1) is 13.6. The van der Waals surface area contributed by atoms with E-state index in [4.69, 9.17) is 4.98 Å². The number of hydrogen-bond donors (Lipinski definition) is 0. The molecule has 3 rings (SSSR count). The largest absolute Gasteiger partial charge is 0.341 e. The van der Waals surface area contributed by atoms with Gasteiger partial charge in [0, 0.05) is 26.1 Å². The average molecular weight is 385 g/mol. The summed E-state index contributed by atoms with van der Waals surface area (Å²) in [6, 6.07) is 7.91. The Bertz CT molecular complexity index is 823. The fourth-order valence-electron chi connectivity index (χ4n) is 4.19. The Morgan fingerprint density at radius 1 is 1.14 bits per heavy atom. The molecule has 2 heterocycles. The molecule has 1 saturated heterocycles. The van der Waals surface area contributed by atoms with E-state index in [1.165, 1.54) is 0 Å². The first-order valence-corrected chi connectivity index (χ1v) is 10.6. The fourth-order valence-corrected chi connectivity index (χ4v) is 4.19. The number of benzene rings is 1. The maximum atomic E-state index is 13.1. The van der Waals surface area contributed by atoms with Crippen molar-refractivity contribution in [2.24, 2.45) is 0 Å². The summed E-state index contributed by atoms with van der Waals surface area (Å²) in [4.78, 5) is 34.3. The van der Waals surface area contributed by atoms with Crippen LogP contribution >= 0.6 is 0 Å². The molecule has 0 unspecified atom stereocenters. The summed E-state index contributed by atoms with van der Waals surface area (Å²) < 4.78 is 2.04. The third kappa shape index (κ3) is 4.05. The van der Waals surface area contributed by atoms with Crippen molar-refractivity contribution in [2.45, 2.75) is 65.5 Å². The van der Waals surface area contributed by atoms with Crippen LogP contribution in [-0.2, 0) is 16.1 Å². The quantitative estimate of drug-likeness (QED) is 0.696. The molecule has 1 atom stereocenters. The van der Waals surface area contributed by atoms with Crippen LogP contribution in [0.1, 0.15) is 64.7 Å². The van der Waals surface area contributed by atoms with Gasteiger partial charge in [0.25, 0.3) is 0 Å². The predicted octanol–water partition coefficient (Wildman–Crippen LogP) is 3.76. The van der Waals surface area contributed by atoms with Crippen LogP contribution in [0.15, 0.2) is 24.3 Å². The van der Waals surface area contributed by atoms with Gasteiger partial charge in [-0.1, -0.05) is 32.9 Å². The molecule has 0 aliphatic carbocycles. The highest BCUT2D eigenvalue weighted by Crippen LogP contribution is 2.34. The highest BCUT2D eigenvalue weighted by Gasteiger charge is 2.33. The van der Waals surface area contributed by atoms with Crippen LogP contribution in [-0.4, -0.2) is 50.8 Å². The summed E-state index contributed by atoms with van der Waals surface area (Å²) in [5, 5.41) is 0. The van der Waals surface area contributed by atoms with Crippen LogP contribution < -0.4 is 0 Å². The topological polar surface area (TPSA) is 58.4 Å². The molecule has 0 bridgehead atoms. The van der Waals surface area contributed by atoms with Gasteiger partial charge in [-0.2, -0.15) is 0 Å². The normalized spacial score (nSPS) is 16.7. The SMILES string of the molecule is CCCN(CCC)C(=O)Cn1c([C@@H]2CCCN2C(=O)CC)nc2ccccc21. The molecule has 1 aromatic carbocycles. The molecule has 0 N–H and O–H groups in total. The molecule has 1 fully saturated rings. The number of imidazole rings is 1. The Hall–Kier alpha value is -2.37. The lowest BCUT2D eigenvalue weighted by Gasteiger charge is -2.26. The number of aromatic nitrogens is 2. The van der Waals surface area contributed by atoms with Gasteiger partial charge in [-0.25, -0.2) is 4.98 Å². The van der Waals surface area contributed by atoms with Crippen molar-refractivity contribution in [2.75, 3.05) is 19.6 Å². The van der Waals surface area contributed by atoms with Gasteiger partial charge in [-0.3, -0.25) is 9.59 Å². The van der Waals surface area contributed by atoms with Gasteiger partial charge in [0.1, 0.15) is 12.4 Å². The second-order valence-corrected chi connectivity index (χ2v) is 7.52. The van der Waals surface area contributed by atoms with Crippen LogP contribution in [0.4, 0.5) is 0 Å². The molecular formula is C22H32N4O2. The van der Waals surface area contributed by atoms with Crippen molar-refractivity contribution in [3.8, 4) is 0 Å². The van der Waals surface area contributed by atoms with E-state index in [1.54, 1.807) is 0 Å². The molecule has 1 aromatic heterocycles. The lowest BCUT2D eigenvalue weighted by Crippen LogP contribution is -2.36. The van der Waals surface area contributed by atoms with Crippen molar-refractivity contribution in [1.82, 2.24) is 19.4 Å². The van der Waals surface area contributed by atoms with Gasteiger partial charge in [0.2, 0.25) is 11.8 Å². The smallest absolute Gasteiger partial charge is 0.242 e. The van der Waals surface area contributed by atoms with E-state index in [-0.39, 0.29) is 24.4 Å².